The second-order valence-electron chi connectivity index (χ2n) is 6.15. The number of likely N-dealkylation sites (N-methyl/N-ethyl adjacent to an activating group) is 1. The van der Waals surface area contributed by atoms with Crippen LogP contribution in [0.25, 0.3) is 0 Å². The van der Waals surface area contributed by atoms with Gasteiger partial charge >= 0.3 is 6.03 Å². The van der Waals surface area contributed by atoms with E-state index >= 15 is 0 Å². The van der Waals surface area contributed by atoms with Crippen LogP contribution in [0, 0.1) is 0 Å². The summed E-state index contributed by atoms with van der Waals surface area (Å²) < 4.78 is 7.48. The molecule has 2 amide bonds. The van der Waals surface area contributed by atoms with E-state index in [1.807, 2.05) is 52.3 Å². The van der Waals surface area contributed by atoms with E-state index in [1.165, 1.54) is 0 Å². The molecule has 0 saturated carbocycles. The Kier molecular flexibility index (Phi) is 6.76. The Morgan fingerprint density at radius 3 is 2.88 bits per heavy atom. The smallest absolute Gasteiger partial charge is 0.315 e. The van der Waals surface area contributed by atoms with Crippen molar-refractivity contribution in [3.05, 3.63) is 42.0 Å². The van der Waals surface area contributed by atoms with Gasteiger partial charge in [0, 0.05) is 20.1 Å². The van der Waals surface area contributed by atoms with Crippen LogP contribution in [0.1, 0.15) is 24.4 Å². The molecule has 0 aliphatic carbocycles. The maximum atomic E-state index is 12.0. The molecule has 25 heavy (non-hydrogen) atoms. The molecule has 0 aliphatic rings. The van der Waals surface area contributed by atoms with Gasteiger partial charge < -0.3 is 24.8 Å². The third-order valence-electron chi connectivity index (χ3n) is 3.64. The maximum absolute atomic E-state index is 12.0. The first kappa shape index (κ1) is 18.7. The number of hydrogen-bond acceptors (Lipinski definition) is 5. The molecule has 2 rings (SSSR count). The summed E-state index contributed by atoms with van der Waals surface area (Å²) in [5.74, 6) is 1.50. The molecule has 0 fully saturated rings. The van der Waals surface area contributed by atoms with E-state index in [0.717, 1.165) is 17.9 Å². The van der Waals surface area contributed by atoms with Crippen molar-refractivity contribution in [1.29, 1.82) is 0 Å². The van der Waals surface area contributed by atoms with Gasteiger partial charge in [0.25, 0.3) is 0 Å². The molecule has 0 aliphatic heterocycles. The number of aromatic nitrogens is 3. The lowest BCUT2D eigenvalue weighted by Gasteiger charge is -2.14. The number of urea groups is 1. The average Bonchev–Trinajstić information content (AvgIpc) is 2.99. The van der Waals surface area contributed by atoms with Crippen LogP contribution in [-0.4, -0.2) is 52.9 Å². The molecule has 8 nitrogen and oxygen atoms in total. The zero-order valence-corrected chi connectivity index (χ0v) is 15.2. The van der Waals surface area contributed by atoms with E-state index < -0.39 is 0 Å². The van der Waals surface area contributed by atoms with Gasteiger partial charge in [0.1, 0.15) is 18.7 Å². The molecule has 1 atom stereocenters. The molecule has 1 aromatic carbocycles. The Bertz CT molecular complexity index is 685. The Labute approximate surface area is 148 Å². The SMILES string of the molecule is C[C@H](NC(=O)NCc1cccc(OCCN(C)C)c1)c1nncn1C. The largest absolute Gasteiger partial charge is 0.492 e. The number of nitrogens with zero attached hydrogens (tertiary/aromatic N) is 4. The number of aryl methyl sites for hydroxylation is 1. The van der Waals surface area contributed by atoms with Crippen LogP contribution in [0.2, 0.25) is 0 Å². The number of carbonyl (C=O) groups is 1. The van der Waals surface area contributed by atoms with Crippen molar-refractivity contribution in [2.24, 2.45) is 7.05 Å². The summed E-state index contributed by atoms with van der Waals surface area (Å²) in [6.07, 6.45) is 1.60. The van der Waals surface area contributed by atoms with E-state index in [4.69, 9.17) is 4.74 Å². The molecule has 0 unspecified atom stereocenters. The number of rotatable bonds is 8. The predicted molar refractivity (Wildman–Crippen MR) is 95.3 cm³/mol. The fourth-order valence-electron chi connectivity index (χ4n) is 2.27. The second kappa shape index (κ2) is 9.03. The van der Waals surface area contributed by atoms with Gasteiger partial charge in [-0.25, -0.2) is 4.79 Å². The van der Waals surface area contributed by atoms with E-state index in [-0.39, 0.29) is 12.1 Å². The van der Waals surface area contributed by atoms with Crippen molar-refractivity contribution in [2.75, 3.05) is 27.2 Å². The number of benzene rings is 1. The molecule has 0 radical (unpaired) electrons. The minimum absolute atomic E-state index is 0.229. The van der Waals surface area contributed by atoms with Crippen molar-refractivity contribution in [2.45, 2.75) is 19.5 Å². The van der Waals surface area contributed by atoms with Crippen LogP contribution >= 0.6 is 0 Å². The number of amides is 2. The van der Waals surface area contributed by atoms with Crippen molar-refractivity contribution in [3.8, 4) is 5.75 Å². The highest BCUT2D eigenvalue weighted by molar-refractivity contribution is 5.74. The Hall–Kier alpha value is -2.61. The molecule has 2 aromatic rings. The van der Waals surface area contributed by atoms with Crippen molar-refractivity contribution < 1.29 is 9.53 Å². The summed E-state index contributed by atoms with van der Waals surface area (Å²) in [5, 5.41) is 13.5. The van der Waals surface area contributed by atoms with Crippen molar-refractivity contribution in [3.63, 3.8) is 0 Å². The van der Waals surface area contributed by atoms with E-state index in [1.54, 1.807) is 10.9 Å². The van der Waals surface area contributed by atoms with Gasteiger partial charge in [0.15, 0.2) is 5.82 Å². The first-order valence-corrected chi connectivity index (χ1v) is 8.20. The number of nitrogens with one attached hydrogen (secondary N) is 2. The predicted octanol–water partition coefficient (Wildman–Crippen LogP) is 1.32. The lowest BCUT2D eigenvalue weighted by Crippen LogP contribution is -2.37. The quantitative estimate of drug-likeness (QED) is 0.753. The fraction of sp³-hybridized carbons (Fsp3) is 0.471. The molecule has 0 spiro atoms. The van der Waals surface area contributed by atoms with E-state index in [0.29, 0.717) is 19.0 Å². The second-order valence-corrected chi connectivity index (χ2v) is 6.15. The van der Waals surface area contributed by atoms with Crippen LogP contribution in [0.3, 0.4) is 0 Å². The number of hydrogen-bond donors (Lipinski definition) is 2. The van der Waals surface area contributed by atoms with Gasteiger partial charge in [-0.1, -0.05) is 12.1 Å². The zero-order chi connectivity index (χ0) is 18.2. The molecular formula is C17H26N6O2. The minimum Gasteiger partial charge on any atom is -0.492 e. The highest BCUT2D eigenvalue weighted by atomic mass is 16.5. The highest BCUT2D eigenvalue weighted by Crippen LogP contribution is 2.13. The van der Waals surface area contributed by atoms with Crippen molar-refractivity contribution in [1.82, 2.24) is 30.3 Å². The minimum atomic E-state index is -0.255. The van der Waals surface area contributed by atoms with Crippen LogP contribution in [-0.2, 0) is 13.6 Å². The summed E-state index contributed by atoms with van der Waals surface area (Å²) in [6.45, 7) is 3.76. The van der Waals surface area contributed by atoms with Crippen LogP contribution in [0.4, 0.5) is 4.79 Å². The summed E-state index contributed by atoms with van der Waals surface area (Å²) >= 11 is 0. The molecule has 8 heteroatoms. The first-order valence-electron chi connectivity index (χ1n) is 8.20. The lowest BCUT2D eigenvalue weighted by atomic mass is 10.2. The highest BCUT2D eigenvalue weighted by Gasteiger charge is 2.13. The Morgan fingerprint density at radius 1 is 1.40 bits per heavy atom. The summed E-state index contributed by atoms with van der Waals surface area (Å²) in [4.78, 5) is 14.1. The van der Waals surface area contributed by atoms with Crippen LogP contribution in [0.5, 0.6) is 5.75 Å². The molecular weight excluding hydrogens is 320 g/mol. The van der Waals surface area contributed by atoms with E-state index in [9.17, 15) is 4.79 Å². The summed E-state index contributed by atoms with van der Waals surface area (Å²) in [7, 11) is 5.85. The molecule has 1 aromatic heterocycles. The van der Waals surface area contributed by atoms with Gasteiger partial charge in [-0.3, -0.25) is 0 Å². The van der Waals surface area contributed by atoms with Crippen LogP contribution < -0.4 is 15.4 Å². The number of ether oxygens (including phenoxy) is 1. The molecule has 0 bridgehead atoms. The standard InChI is InChI=1S/C17H26N6O2/c1-13(16-21-19-12-23(16)4)20-17(24)18-11-14-6-5-7-15(10-14)25-9-8-22(2)3/h5-7,10,12-13H,8-9,11H2,1-4H3,(H2,18,20,24)/t13-/m0/s1. The summed E-state index contributed by atoms with van der Waals surface area (Å²) in [5.41, 5.74) is 0.976. The zero-order valence-electron chi connectivity index (χ0n) is 15.2. The molecule has 2 N–H and O–H groups in total. The topological polar surface area (TPSA) is 84.3 Å². The third kappa shape index (κ3) is 6.07. The Balaban J connectivity index is 1.80. The first-order chi connectivity index (χ1) is 12.0. The molecule has 1 heterocycles. The van der Waals surface area contributed by atoms with Gasteiger partial charge in [0.05, 0.1) is 6.04 Å². The molecule has 0 saturated heterocycles. The monoisotopic (exact) mass is 346 g/mol. The van der Waals surface area contributed by atoms with Gasteiger partial charge in [-0.05, 0) is 38.7 Å². The Morgan fingerprint density at radius 2 is 2.20 bits per heavy atom. The normalized spacial score (nSPS) is 12.0. The third-order valence-corrected chi connectivity index (χ3v) is 3.64. The van der Waals surface area contributed by atoms with Gasteiger partial charge in [-0.2, -0.15) is 0 Å². The average molecular weight is 346 g/mol. The van der Waals surface area contributed by atoms with Crippen LogP contribution in [0.15, 0.2) is 30.6 Å². The van der Waals surface area contributed by atoms with Crippen molar-refractivity contribution >= 4 is 6.03 Å². The lowest BCUT2D eigenvalue weighted by molar-refractivity contribution is 0.236. The van der Waals surface area contributed by atoms with E-state index in [2.05, 4.69) is 25.7 Å². The maximum Gasteiger partial charge on any atom is 0.315 e. The van der Waals surface area contributed by atoms with Gasteiger partial charge in [0.2, 0.25) is 0 Å². The summed E-state index contributed by atoms with van der Waals surface area (Å²) in [6, 6.07) is 7.23. The number of carbonyl (C=O) groups excluding carboxylic acids is 1. The fourth-order valence-corrected chi connectivity index (χ4v) is 2.27. The van der Waals surface area contributed by atoms with Gasteiger partial charge in [-0.15, -0.1) is 10.2 Å². The molecule has 136 valence electrons.